The van der Waals surface area contributed by atoms with Crippen molar-refractivity contribution >= 4 is 12.0 Å². The molecule has 0 aliphatic carbocycles. The van der Waals surface area contributed by atoms with E-state index in [0.717, 1.165) is 13.0 Å². The molecule has 0 saturated carbocycles. The Balaban J connectivity index is 2.72. The van der Waals surface area contributed by atoms with Gasteiger partial charge in [0.2, 0.25) is 5.95 Å². The van der Waals surface area contributed by atoms with Gasteiger partial charge in [-0.3, -0.25) is 0 Å². The Hall–Kier alpha value is -1.52. The van der Waals surface area contributed by atoms with Gasteiger partial charge in [-0.05, 0) is 27.2 Å². The molecule has 5 nitrogen and oxygen atoms in total. The number of ether oxygens (including phenoxy) is 1. The lowest BCUT2D eigenvalue weighted by atomic mass is 10.2. The van der Waals surface area contributed by atoms with Crippen molar-refractivity contribution in [1.29, 1.82) is 0 Å². The van der Waals surface area contributed by atoms with Crippen LogP contribution in [0.4, 0.5) is 10.7 Å². The van der Waals surface area contributed by atoms with Crippen LogP contribution in [0.1, 0.15) is 34.1 Å². The van der Waals surface area contributed by atoms with Crippen LogP contribution in [0.3, 0.4) is 0 Å². The van der Waals surface area contributed by atoms with Gasteiger partial charge >= 0.3 is 6.09 Å². The summed E-state index contributed by atoms with van der Waals surface area (Å²) in [5, 5.41) is 3.06. The van der Waals surface area contributed by atoms with Crippen molar-refractivity contribution in [1.82, 2.24) is 9.55 Å². The molecule has 5 heteroatoms. The van der Waals surface area contributed by atoms with Crippen LogP contribution in [-0.2, 0) is 4.74 Å². The third-order valence-electron chi connectivity index (χ3n) is 1.76. The fourth-order valence-corrected chi connectivity index (χ4v) is 1.13. The molecule has 0 aliphatic heterocycles. The summed E-state index contributed by atoms with van der Waals surface area (Å²) in [7, 11) is 0. The van der Waals surface area contributed by atoms with Crippen molar-refractivity contribution in [2.24, 2.45) is 0 Å². The van der Waals surface area contributed by atoms with Crippen molar-refractivity contribution in [2.45, 2.75) is 39.7 Å². The maximum Gasteiger partial charge on any atom is 0.421 e. The highest BCUT2D eigenvalue weighted by molar-refractivity contribution is 5.74. The molecule has 0 aliphatic rings. The highest BCUT2D eigenvalue weighted by Gasteiger charge is 2.19. The van der Waals surface area contributed by atoms with Crippen molar-refractivity contribution < 1.29 is 9.53 Å². The van der Waals surface area contributed by atoms with Gasteiger partial charge in [0.25, 0.3) is 0 Å². The van der Waals surface area contributed by atoms with Crippen LogP contribution in [0, 0.1) is 0 Å². The number of anilines is 1. The second kappa shape index (κ2) is 5.01. The molecule has 0 amide bonds. The standard InChI is InChI=1S/C11H19N3O2/c1-5-6-12-9-13-7-8-14(9)10(15)16-11(2,3)4/h7-8H,5-6H2,1-4H3,(H,12,13). The SMILES string of the molecule is CCCNc1nccn1C(=O)OC(C)(C)C. The molecule has 1 aromatic heterocycles. The van der Waals surface area contributed by atoms with E-state index >= 15 is 0 Å². The first-order valence-corrected chi connectivity index (χ1v) is 5.44. The predicted octanol–water partition coefficient (Wildman–Crippen LogP) is 2.49. The molecular weight excluding hydrogens is 206 g/mol. The Morgan fingerprint density at radius 3 is 2.81 bits per heavy atom. The zero-order valence-electron chi connectivity index (χ0n) is 10.3. The number of carbonyl (C=O) groups excluding carboxylic acids is 1. The van der Waals surface area contributed by atoms with Gasteiger partial charge in [-0.2, -0.15) is 0 Å². The number of nitrogens with one attached hydrogen (secondary N) is 1. The maximum absolute atomic E-state index is 11.8. The molecule has 0 radical (unpaired) electrons. The Bertz CT molecular complexity index is 352. The van der Waals surface area contributed by atoms with Crippen molar-refractivity contribution in [3.05, 3.63) is 12.4 Å². The fraction of sp³-hybridized carbons (Fsp3) is 0.636. The minimum atomic E-state index is -0.497. The van der Waals surface area contributed by atoms with Crippen LogP contribution in [-0.4, -0.2) is 27.8 Å². The number of hydrogen-bond donors (Lipinski definition) is 1. The van der Waals surface area contributed by atoms with Gasteiger partial charge in [0.05, 0.1) is 0 Å². The quantitative estimate of drug-likeness (QED) is 0.858. The van der Waals surface area contributed by atoms with Gasteiger partial charge in [0.1, 0.15) is 5.60 Å². The summed E-state index contributed by atoms with van der Waals surface area (Å²) in [6, 6.07) is 0. The number of aromatic nitrogens is 2. The molecule has 1 rings (SSSR count). The van der Waals surface area contributed by atoms with Crippen LogP contribution < -0.4 is 5.32 Å². The zero-order chi connectivity index (χ0) is 12.2. The van der Waals surface area contributed by atoms with Gasteiger partial charge in [0.15, 0.2) is 0 Å². The molecule has 0 atom stereocenters. The Morgan fingerprint density at radius 1 is 1.56 bits per heavy atom. The number of imidazole rings is 1. The Labute approximate surface area is 95.8 Å². The average Bonchev–Trinajstić information content (AvgIpc) is 2.59. The molecule has 0 saturated heterocycles. The number of rotatable bonds is 3. The van der Waals surface area contributed by atoms with E-state index in [0.29, 0.717) is 5.95 Å². The molecule has 90 valence electrons. The molecule has 16 heavy (non-hydrogen) atoms. The zero-order valence-corrected chi connectivity index (χ0v) is 10.3. The number of nitrogens with zero attached hydrogens (tertiary/aromatic N) is 2. The van der Waals surface area contributed by atoms with Gasteiger partial charge in [-0.15, -0.1) is 0 Å². The summed E-state index contributed by atoms with van der Waals surface area (Å²) >= 11 is 0. The monoisotopic (exact) mass is 225 g/mol. The second-order valence-electron chi connectivity index (χ2n) is 4.53. The van der Waals surface area contributed by atoms with Crippen LogP contribution in [0.2, 0.25) is 0 Å². The Kier molecular flexibility index (Phi) is 3.93. The summed E-state index contributed by atoms with van der Waals surface area (Å²) in [4.78, 5) is 15.8. The first-order valence-electron chi connectivity index (χ1n) is 5.44. The third kappa shape index (κ3) is 3.56. The minimum absolute atomic E-state index is 0.413. The lowest BCUT2D eigenvalue weighted by molar-refractivity contribution is 0.0540. The summed E-state index contributed by atoms with van der Waals surface area (Å²) in [5.41, 5.74) is -0.497. The number of carbonyl (C=O) groups is 1. The van der Waals surface area contributed by atoms with E-state index in [1.165, 1.54) is 4.57 Å². The van der Waals surface area contributed by atoms with E-state index in [1.807, 2.05) is 27.7 Å². The van der Waals surface area contributed by atoms with Crippen molar-refractivity contribution in [2.75, 3.05) is 11.9 Å². The van der Waals surface area contributed by atoms with Gasteiger partial charge in [0, 0.05) is 18.9 Å². The first kappa shape index (κ1) is 12.5. The van der Waals surface area contributed by atoms with E-state index in [-0.39, 0.29) is 0 Å². The maximum atomic E-state index is 11.8. The van der Waals surface area contributed by atoms with Gasteiger partial charge in [-0.25, -0.2) is 14.3 Å². The van der Waals surface area contributed by atoms with E-state index in [4.69, 9.17) is 4.74 Å². The van der Waals surface area contributed by atoms with Crippen LogP contribution >= 0.6 is 0 Å². The Morgan fingerprint density at radius 2 is 2.25 bits per heavy atom. The third-order valence-corrected chi connectivity index (χ3v) is 1.76. The molecular formula is C11H19N3O2. The fourth-order valence-electron chi connectivity index (χ4n) is 1.13. The minimum Gasteiger partial charge on any atom is -0.443 e. The molecule has 1 heterocycles. The summed E-state index contributed by atoms with van der Waals surface area (Å²) < 4.78 is 6.62. The van der Waals surface area contributed by atoms with Crippen LogP contribution in [0.15, 0.2) is 12.4 Å². The van der Waals surface area contributed by atoms with Gasteiger partial charge < -0.3 is 10.1 Å². The van der Waals surface area contributed by atoms with Crippen LogP contribution in [0.5, 0.6) is 0 Å². The lowest BCUT2D eigenvalue weighted by Crippen LogP contribution is -2.27. The average molecular weight is 225 g/mol. The second-order valence-corrected chi connectivity index (χ2v) is 4.53. The molecule has 1 aromatic rings. The van der Waals surface area contributed by atoms with E-state index in [9.17, 15) is 4.79 Å². The molecule has 0 unspecified atom stereocenters. The summed E-state index contributed by atoms with van der Waals surface area (Å²) in [5.74, 6) is 0.524. The molecule has 0 spiro atoms. The molecule has 0 fully saturated rings. The van der Waals surface area contributed by atoms with E-state index < -0.39 is 11.7 Å². The van der Waals surface area contributed by atoms with Crippen molar-refractivity contribution in [3.63, 3.8) is 0 Å². The smallest absolute Gasteiger partial charge is 0.421 e. The highest BCUT2D eigenvalue weighted by Crippen LogP contribution is 2.12. The topological polar surface area (TPSA) is 56.2 Å². The summed E-state index contributed by atoms with van der Waals surface area (Å²) in [6.07, 6.45) is 3.72. The van der Waals surface area contributed by atoms with Gasteiger partial charge in [-0.1, -0.05) is 6.92 Å². The number of hydrogen-bond acceptors (Lipinski definition) is 4. The largest absolute Gasteiger partial charge is 0.443 e. The molecule has 0 aromatic carbocycles. The highest BCUT2D eigenvalue weighted by atomic mass is 16.6. The van der Waals surface area contributed by atoms with Crippen molar-refractivity contribution in [3.8, 4) is 0 Å². The lowest BCUT2D eigenvalue weighted by Gasteiger charge is -2.20. The predicted molar refractivity (Wildman–Crippen MR) is 62.6 cm³/mol. The molecule has 1 N–H and O–H groups in total. The van der Waals surface area contributed by atoms with Crippen LogP contribution in [0.25, 0.3) is 0 Å². The summed E-state index contributed by atoms with van der Waals surface area (Å²) in [6.45, 7) is 8.33. The molecule has 0 bridgehead atoms. The first-order chi connectivity index (χ1) is 7.44. The van der Waals surface area contributed by atoms with E-state index in [2.05, 4.69) is 10.3 Å². The normalized spacial score (nSPS) is 11.2. The van der Waals surface area contributed by atoms with E-state index in [1.54, 1.807) is 12.4 Å².